The third kappa shape index (κ3) is 2.22. The van der Waals surface area contributed by atoms with Gasteiger partial charge in [0, 0.05) is 0 Å². The number of β-amino-alcohol motifs (C(OH)–C–C–N with tert-alkyl or cyclic N) is 1. The molecule has 1 amide bonds. The Morgan fingerprint density at radius 1 is 1.28 bits per heavy atom. The lowest BCUT2D eigenvalue weighted by atomic mass is 9.82. The van der Waals surface area contributed by atoms with E-state index in [-0.39, 0.29) is 11.8 Å². The normalized spacial score (nSPS) is 30.3. The second-order valence-corrected chi connectivity index (χ2v) is 5.48. The zero-order valence-corrected chi connectivity index (χ0v) is 10.6. The molecule has 6 heteroatoms. The van der Waals surface area contributed by atoms with Gasteiger partial charge in [-0.15, -0.1) is 0 Å². The van der Waals surface area contributed by atoms with Crippen LogP contribution in [-0.4, -0.2) is 57.9 Å². The van der Waals surface area contributed by atoms with Crippen molar-refractivity contribution in [3.63, 3.8) is 0 Å². The van der Waals surface area contributed by atoms with Gasteiger partial charge in [-0.1, -0.05) is 13.8 Å². The van der Waals surface area contributed by atoms with Crippen LogP contribution in [0, 0.1) is 5.92 Å². The number of hydrogen-bond donors (Lipinski definition) is 2. The van der Waals surface area contributed by atoms with E-state index < -0.39 is 23.8 Å². The molecule has 2 aliphatic rings. The zero-order chi connectivity index (χ0) is 13.5. The molecule has 2 aliphatic heterocycles. The number of likely N-dealkylation sites (tertiary alicyclic amines) is 1. The van der Waals surface area contributed by atoms with E-state index in [0.717, 1.165) is 0 Å². The van der Waals surface area contributed by atoms with Gasteiger partial charge in [0.25, 0.3) is 5.91 Å². The Bertz CT molecular complexity index is 361. The van der Waals surface area contributed by atoms with Crippen LogP contribution in [0.15, 0.2) is 0 Å². The molecule has 0 bridgehead atoms. The Morgan fingerprint density at radius 2 is 1.83 bits per heavy atom. The minimum Gasteiger partial charge on any atom is -0.479 e. The van der Waals surface area contributed by atoms with Gasteiger partial charge in [-0.25, -0.2) is 4.79 Å². The molecule has 6 nitrogen and oxygen atoms in total. The lowest BCUT2D eigenvalue weighted by Crippen LogP contribution is -2.67. The molecule has 0 aromatic rings. The summed E-state index contributed by atoms with van der Waals surface area (Å²) in [6.45, 7) is 4.44. The number of carbonyl (C=O) groups excluding carboxylic acids is 1. The van der Waals surface area contributed by atoms with Gasteiger partial charge in [-0.3, -0.25) is 4.79 Å². The Kier molecular flexibility index (Phi) is 3.33. The van der Waals surface area contributed by atoms with E-state index in [1.807, 2.05) is 13.8 Å². The third-order valence-electron chi connectivity index (χ3n) is 3.89. The van der Waals surface area contributed by atoms with E-state index in [1.165, 1.54) is 4.90 Å². The summed E-state index contributed by atoms with van der Waals surface area (Å²) < 4.78 is 5.20. The van der Waals surface area contributed by atoms with Crippen molar-refractivity contribution >= 4 is 11.9 Å². The van der Waals surface area contributed by atoms with Gasteiger partial charge in [0.15, 0.2) is 6.10 Å². The fraction of sp³-hybridized carbons (Fsp3) is 0.833. The van der Waals surface area contributed by atoms with Crippen molar-refractivity contribution in [2.75, 3.05) is 13.1 Å². The zero-order valence-electron chi connectivity index (χ0n) is 10.6. The Hall–Kier alpha value is -1.14. The average Bonchev–Trinajstić information content (AvgIpc) is 2.72. The van der Waals surface area contributed by atoms with Crippen LogP contribution in [0.2, 0.25) is 0 Å². The van der Waals surface area contributed by atoms with Crippen LogP contribution in [-0.2, 0) is 14.3 Å². The highest BCUT2D eigenvalue weighted by Gasteiger charge is 2.48. The number of amides is 1. The van der Waals surface area contributed by atoms with Crippen LogP contribution in [0.5, 0.6) is 0 Å². The van der Waals surface area contributed by atoms with Crippen molar-refractivity contribution in [3.05, 3.63) is 0 Å². The average molecular weight is 257 g/mol. The van der Waals surface area contributed by atoms with Crippen molar-refractivity contribution in [2.24, 2.45) is 5.92 Å². The quantitative estimate of drug-likeness (QED) is 0.734. The fourth-order valence-corrected chi connectivity index (χ4v) is 2.34. The summed E-state index contributed by atoms with van der Waals surface area (Å²) in [7, 11) is 0. The summed E-state index contributed by atoms with van der Waals surface area (Å²) in [5.41, 5.74) is -0.805. The molecule has 0 saturated carbocycles. The second-order valence-electron chi connectivity index (χ2n) is 5.48. The molecule has 2 unspecified atom stereocenters. The highest BCUT2D eigenvalue weighted by atomic mass is 16.5. The van der Waals surface area contributed by atoms with Gasteiger partial charge in [-0.05, 0) is 18.8 Å². The van der Waals surface area contributed by atoms with E-state index >= 15 is 0 Å². The van der Waals surface area contributed by atoms with Crippen molar-refractivity contribution in [1.29, 1.82) is 0 Å². The number of hydrogen-bond acceptors (Lipinski definition) is 4. The van der Waals surface area contributed by atoms with E-state index in [2.05, 4.69) is 0 Å². The maximum atomic E-state index is 12.0. The molecule has 0 radical (unpaired) electrons. The van der Waals surface area contributed by atoms with Crippen LogP contribution < -0.4 is 0 Å². The van der Waals surface area contributed by atoms with Gasteiger partial charge >= 0.3 is 5.97 Å². The summed E-state index contributed by atoms with van der Waals surface area (Å²) in [6.07, 6.45) is -0.729. The fourth-order valence-electron chi connectivity index (χ4n) is 2.34. The molecule has 18 heavy (non-hydrogen) atoms. The summed E-state index contributed by atoms with van der Waals surface area (Å²) in [6, 6.07) is 0. The monoisotopic (exact) mass is 257 g/mol. The predicted octanol–water partition coefficient (Wildman–Crippen LogP) is -0.152. The van der Waals surface area contributed by atoms with Crippen molar-refractivity contribution < 1.29 is 24.5 Å². The van der Waals surface area contributed by atoms with Crippen molar-refractivity contribution in [3.8, 4) is 0 Å². The first-order valence-corrected chi connectivity index (χ1v) is 6.23. The topological polar surface area (TPSA) is 87.1 Å². The van der Waals surface area contributed by atoms with Crippen LogP contribution in [0.4, 0.5) is 0 Å². The van der Waals surface area contributed by atoms with Gasteiger partial charge < -0.3 is 19.8 Å². The minimum absolute atomic E-state index is 0.0952. The molecule has 102 valence electrons. The van der Waals surface area contributed by atoms with E-state index in [1.54, 1.807) is 0 Å². The van der Waals surface area contributed by atoms with Gasteiger partial charge in [-0.2, -0.15) is 0 Å². The number of carboxylic acid groups (broad SMARTS) is 1. The third-order valence-corrected chi connectivity index (χ3v) is 3.89. The van der Waals surface area contributed by atoms with Gasteiger partial charge in [0.05, 0.1) is 13.1 Å². The first-order chi connectivity index (χ1) is 8.33. The number of aliphatic carboxylic acids is 1. The van der Waals surface area contributed by atoms with E-state index in [0.29, 0.717) is 25.9 Å². The minimum atomic E-state index is -1.02. The summed E-state index contributed by atoms with van der Waals surface area (Å²) in [4.78, 5) is 24.3. The van der Waals surface area contributed by atoms with Crippen LogP contribution >= 0.6 is 0 Å². The molecule has 0 aromatic heterocycles. The largest absolute Gasteiger partial charge is 0.479 e. The van der Waals surface area contributed by atoms with E-state index in [9.17, 15) is 14.7 Å². The number of rotatable bonds is 3. The number of carboxylic acids is 1. The molecule has 2 saturated heterocycles. The highest BCUT2D eigenvalue weighted by Crippen LogP contribution is 2.31. The lowest BCUT2D eigenvalue weighted by molar-refractivity contribution is -0.175. The van der Waals surface area contributed by atoms with Crippen LogP contribution in [0.3, 0.4) is 0 Å². The maximum absolute atomic E-state index is 12.0. The first kappa shape index (κ1) is 13.3. The van der Waals surface area contributed by atoms with Crippen LogP contribution in [0.25, 0.3) is 0 Å². The molecule has 0 aliphatic carbocycles. The Balaban J connectivity index is 1.86. The molecule has 2 atom stereocenters. The van der Waals surface area contributed by atoms with Crippen molar-refractivity contribution in [1.82, 2.24) is 4.90 Å². The molecule has 2 heterocycles. The van der Waals surface area contributed by atoms with Gasteiger partial charge in [0.1, 0.15) is 11.7 Å². The maximum Gasteiger partial charge on any atom is 0.332 e. The summed E-state index contributed by atoms with van der Waals surface area (Å²) in [5.74, 6) is -1.13. The molecular weight excluding hydrogens is 238 g/mol. The number of carbonyl (C=O) groups is 2. The molecule has 0 aromatic carbocycles. The lowest BCUT2D eigenvalue weighted by Gasteiger charge is -2.49. The molecule has 2 rings (SSSR count). The standard InChI is InChI=1S/C12H19NO5/c1-7(2)12(17)5-13(6-12)10(14)8-3-4-9(18-8)11(15)16/h7-9,17H,3-6H2,1-2H3,(H,15,16). The van der Waals surface area contributed by atoms with Crippen molar-refractivity contribution in [2.45, 2.75) is 44.5 Å². The smallest absolute Gasteiger partial charge is 0.332 e. The summed E-state index contributed by atoms with van der Waals surface area (Å²) in [5, 5.41) is 18.8. The Labute approximate surface area is 106 Å². The predicted molar refractivity (Wildman–Crippen MR) is 61.9 cm³/mol. The van der Waals surface area contributed by atoms with Gasteiger partial charge in [0.2, 0.25) is 0 Å². The SMILES string of the molecule is CC(C)C1(O)CN(C(=O)C2CCC(C(=O)O)O2)C1. The number of nitrogens with zero attached hydrogens (tertiary/aromatic N) is 1. The number of ether oxygens (including phenoxy) is 1. The number of aliphatic hydroxyl groups is 1. The second kappa shape index (κ2) is 4.51. The molecular formula is C12H19NO5. The van der Waals surface area contributed by atoms with E-state index in [4.69, 9.17) is 9.84 Å². The highest BCUT2D eigenvalue weighted by molar-refractivity contribution is 5.83. The van der Waals surface area contributed by atoms with Crippen LogP contribution in [0.1, 0.15) is 26.7 Å². The first-order valence-electron chi connectivity index (χ1n) is 6.23. The molecule has 2 fully saturated rings. The molecule has 2 N–H and O–H groups in total. The Morgan fingerprint density at radius 3 is 2.28 bits per heavy atom. The molecule has 0 spiro atoms. The summed E-state index contributed by atoms with van der Waals surface area (Å²) >= 11 is 0.